The van der Waals surface area contributed by atoms with Crippen LogP contribution in [-0.2, 0) is 19.2 Å². The van der Waals surface area contributed by atoms with Crippen LogP contribution in [0.2, 0.25) is 0 Å². The third kappa shape index (κ3) is 8.01. The number of allylic oxidation sites excluding steroid dienone is 8. The van der Waals surface area contributed by atoms with Gasteiger partial charge >= 0.3 is 0 Å². The summed E-state index contributed by atoms with van der Waals surface area (Å²) >= 11 is 0. The van der Waals surface area contributed by atoms with Gasteiger partial charge in [0.05, 0.1) is 23.0 Å². The third-order valence-corrected chi connectivity index (χ3v) is 8.59. The van der Waals surface area contributed by atoms with E-state index in [1.165, 1.54) is 0 Å². The van der Waals surface area contributed by atoms with Gasteiger partial charge < -0.3 is 20.4 Å². The molecule has 0 aliphatic heterocycles. The second-order valence-electron chi connectivity index (χ2n) is 15.8. The van der Waals surface area contributed by atoms with Crippen LogP contribution in [0.25, 0.3) is 0 Å². The van der Waals surface area contributed by atoms with E-state index in [1.54, 1.807) is 0 Å². The second kappa shape index (κ2) is 11.5. The Balaban J connectivity index is 0.000000230. The second-order valence-corrected chi connectivity index (χ2v) is 15.8. The number of ketones is 4. The monoisotopic (exact) mass is 584 g/mol. The van der Waals surface area contributed by atoms with Gasteiger partial charge in [-0.05, 0) is 21.7 Å². The number of carbonyl (C=O) groups excluding carboxylic acids is 4. The lowest BCUT2D eigenvalue weighted by molar-refractivity contribution is -0.120. The molecule has 4 aliphatic rings. The maximum Gasteiger partial charge on any atom is 0.163 e. The molecule has 0 aromatic carbocycles. The Bertz CT molecular complexity index is 1120. The summed E-state index contributed by atoms with van der Waals surface area (Å²) in [4.78, 5) is 48.8. The van der Waals surface area contributed by atoms with E-state index in [-0.39, 0.29) is 80.7 Å². The Morgan fingerprint density at radius 2 is 0.548 bits per heavy atom. The molecular formula is C34H48O8. The summed E-state index contributed by atoms with van der Waals surface area (Å²) < 4.78 is 0. The molecule has 0 amide bonds. The van der Waals surface area contributed by atoms with Crippen molar-refractivity contribution in [2.75, 3.05) is 0 Å². The maximum atomic E-state index is 12.2. The molecule has 0 aromatic rings. The van der Waals surface area contributed by atoms with Gasteiger partial charge in [-0.3, -0.25) is 19.2 Å². The Hall–Kier alpha value is -3.16. The van der Waals surface area contributed by atoms with Crippen molar-refractivity contribution in [2.24, 2.45) is 21.7 Å². The summed E-state index contributed by atoms with van der Waals surface area (Å²) in [6, 6.07) is 0. The Kier molecular flexibility index (Phi) is 9.13. The zero-order chi connectivity index (χ0) is 32.0. The van der Waals surface area contributed by atoms with Crippen LogP contribution in [-0.4, -0.2) is 43.6 Å². The summed E-state index contributed by atoms with van der Waals surface area (Å²) in [7, 11) is 0. The number of rotatable bonds is 4. The van der Waals surface area contributed by atoms with E-state index < -0.39 is 0 Å². The molecule has 8 heteroatoms. The fourth-order valence-electron chi connectivity index (χ4n) is 6.46. The van der Waals surface area contributed by atoms with E-state index in [1.807, 2.05) is 55.4 Å². The largest absolute Gasteiger partial charge is 0.512 e. The van der Waals surface area contributed by atoms with Gasteiger partial charge in [0.25, 0.3) is 0 Å². The van der Waals surface area contributed by atoms with Crippen molar-refractivity contribution in [1.29, 1.82) is 0 Å². The summed E-state index contributed by atoms with van der Waals surface area (Å²) in [5.41, 5.74) is 0.180. The molecule has 0 spiro atoms. The molecule has 0 heterocycles. The molecule has 8 nitrogen and oxygen atoms in total. The van der Waals surface area contributed by atoms with Crippen molar-refractivity contribution in [1.82, 2.24) is 0 Å². The number of hydrogen-bond acceptors (Lipinski definition) is 8. The Morgan fingerprint density at radius 3 is 0.690 bits per heavy atom. The summed E-state index contributed by atoms with van der Waals surface area (Å²) in [5.74, 6) is -0.238. The van der Waals surface area contributed by atoms with Gasteiger partial charge in [-0.2, -0.15) is 0 Å². The molecule has 0 aromatic heterocycles. The quantitative estimate of drug-likeness (QED) is 0.264. The molecule has 4 N–H and O–H groups in total. The first-order valence-corrected chi connectivity index (χ1v) is 14.8. The van der Waals surface area contributed by atoms with Crippen LogP contribution in [0, 0.1) is 21.7 Å². The predicted octanol–water partition coefficient (Wildman–Crippen LogP) is 7.56. The Morgan fingerprint density at radius 1 is 0.381 bits per heavy atom. The topological polar surface area (TPSA) is 149 Å². The normalized spacial score (nSPS) is 25.5. The Labute approximate surface area is 249 Å². The molecule has 0 saturated carbocycles. The van der Waals surface area contributed by atoms with Gasteiger partial charge in [-0.25, -0.2) is 0 Å². The lowest BCUT2D eigenvalue weighted by atomic mass is 9.72. The molecule has 0 unspecified atom stereocenters. The molecule has 0 fully saturated rings. The van der Waals surface area contributed by atoms with E-state index in [0.29, 0.717) is 73.7 Å². The van der Waals surface area contributed by atoms with Crippen molar-refractivity contribution in [3.63, 3.8) is 0 Å². The summed E-state index contributed by atoms with van der Waals surface area (Å²) in [6.45, 7) is 15.5. The molecule has 0 radical (unpaired) electrons. The van der Waals surface area contributed by atoms with Crippen LogP contribution in [0.5, 0.6) is 0 Å². The van der Waals surface area contributed by atoms with Crippen molar-refractivity contribution >= 4 is 23.1 Å². The van der Waals surface area contributed by atoms with Crippen LogP contribution >= 0.6 is 0 Å². The highest BCUT2D eigenvalue weighted by molar-refractivity contribution is 6.03. The van der Waals surface area contributed by atoms with Crippen molar-refractivity contribution in [3.8, 4) is 0 Å². The van der Waals surface area contributed by atoms with Crippen molar-refractivity contribution in [3.05, 3.63) is 45.3 Å². The molecule has 42 heavy (non-hydrogen) atoms. The summed E-state index contributed by atoms with van der Waals surface area (Å²) in [5, 5.41) is 40.5. The fourth-order valence-corrected chi connectivity index (χ4v) is 6.46. The van der Waals surface area contributed by atoms with Crippen LogP contribution < -0.4 is 0 Å². The first kappa shape index (κ1) is 33.3. The van der Waals surface area contributed by atoms with Crippen LogP contribution in [0.1, 0.15) is 120 Å². The molecule has 0 saturated heterocycles. The lowest BCUT2D eigenvalue weighted by Gasteiger charge is -2.32. The zero-order valence-electron chi connectivity index (χ0n) is 26.5. The van der Waals surface area contributed by atoms with Crippen LogP contribution in [0.15, 0.2) is 45.3 Å². The number of carbonyl (C=O) groups is 4. The standard InChI is InChI=1S/2C17H24O4/c2*1-16(2)6-12(18)10(13(19)7-16)5-11-14(20)8-17(3,4)9-15(11)21/h2*18,20H,5-9H2,1-4H3. The number of Topliss-reactive ketones (excluding diaryl/α,β-unsaturated/α-hetero) is 4. The smallest absolute Gasteiger partial charge is 0.163 e. The predicted molar refractivity (Wildman–Crippen MR) is 160 cm³/mol. The average molecular weight is 585 g/mol. The summed E-state index contributed by atoms with van der Waals surface area (Å²) in [6.07, 6.45) is 3.29. The molecule has 4 rings (SSSR count). The van der Waals surface area contributed by atoms with Gasteiger partial charge in [0.15, 0.2) is 23.1 Å². The molecule has 0 atom stereocenters. The van der Waals surface area contributed by atoms with Gasteiger partial charge in [-0.15, -0.1) is 0 Å². The molecule has 232 valence electrons. The first-order valence-electron chi connectivity index (χ1n) is 14.8. The SMILES string of the molecule is CC1(C)CC(=O)C(CC2=C(O)CC(C)(C)CC2=O)=C(O)C1.CC1(C)CC(=O)C(CC2=C(O)CC(C)(C)CC2=O)=C(O)C1. The van der Waals surface area contributed by atoms with Crippen molar-refractivity contribution in [2.45, 2.75) is 120 Å². The highest BCUT2D eigenvalue weighted by Crippen LogP contribution is 2.43. The van der Waals surface area contributed by atoms with E-state index in [0.717, 1.165) is 0 Å². The number of aliphatic hydroxyl groups is 4. The minimum Gasteiger partial charge on any atom is -0.512 e. The number of aliphatic hydroxyl groups excluding tert-OH is 4. The first-order chi connectivity index (χ1) is 19.0. The lowest BCUT2D eigenvalue weighted by Crippen LogP contribution is -2.29. The van der Waals surface area contributed by atoms with E-state index >= 15 is 0 Å². The van der Waals surface area contributed by atoms with Gasteiger partial charge in [0, 0.05) is 86.5 Å². The van der Waals surface area contributed by atoms with Crippen molar-refractivity contribution < 1.29 is 39.6 Å². The van der Waals surface area contributed by atoms with Gasteiger partial charge in [-0.1, -0.05) is 55.4 Å². The molecule has 4 aliphatic carbocycles. The number of hydrogen-bond donors (Lipinski definition) is 4. The molecular weight excluding hydrogens is 536 g/mol. The highest BCUT2D eigenvalue weighted by Gasteiger charge is 2.39. The van der Waals surface area contributed by atoms with Crippen LogP contribution in [0.4, 0.5) is 0 Å². The van der Waals surface area contributed by atoms with E-state index in [4.69, 9.17) is 0 Å². The average Bonchev–Trinajstić information content (AvgIpc) is 2.73. The third-order valence-electron chi connectivity index (χ3n) is 8.59. The van der Waals surface area contributed by atoms with Crippen LogP contribution in [0.3, 0.4) is 0 Å². The van der Waals surface area contributed by atoms with Gasteiger partial charge in [0.1, 0.15) is 0 Å². The highest BCUT2D eigenvalue weighted by atomic mass is 16.3. The molecule has 0 bridgehead atoms. The zero-order valence-corrected chi connectivity index (χ0v) is 26.5. The minimum atomic E-state index is -0.250. The maximum absolute atomic E-state index is 12.2. The van der Waals surface area contributed by atoms with Gasteiger partial charge in [0.2, 0.25) is 0 Å². The van der Waals surface area contributed by atoms with E-state index in [2.05, 4.69) is 0 Å². The fraction of sp³-hybridized carbons (Fsp3) is 0.647. The minimum absolute atomic E-state index is 0.0570. The van der Waals surface area contributed by atoms with E-state index in [9.17, 15) is 39.6 Å².